The SMILES string of the molecule is C=CCOC(=O)N=C(N)C1[C@@H]([n+]2cn3cc(C4=C(C(=O)OCC=C)N5C(=O)[C@H]([C@@H](C)O)[C@H]5[C@H]4C)sc3c2SC)CCN1C(=O)OCC=C. The molecule has 14 nitrogen and oxygen atoms in total. The van der Waals surface area contributed by atoms with Crippen LogP contribution in [0.5, 0.6) is 0 Å². The van der Waals surface area contributed by atoms with E-state index in [0.717, 1.165) is 14.7 Å². The summed E-state index contributed by atoms with van der Waals surface area (Å²) >= 11 is 2.92. The number of fused-ring (bicyclic) bond motifs is 2. The predicted molar refractivity (Wildman–Crippen MR) is 179 cm³/mol. The number of aliphatic hydroxyl groups is 1. The maximum atomic E-state index is 13.3. The molecule has 2 aromatic heterocycles. The van der Waals surface area contributed by atoms with E-state index < -0.39 is 42.3 Å². The molecule has 2 saturated heterocycles. The molecule has 5 heterocycles. The molecule has 3 N–H and O–H groups in total. The molecule has 1 unspecified atom stereocenters. The number of nitrogens with zero attached hydrogens (tertiary/aromatic N) is 5. The van der Waals surface area contributed by atoms with Gasteiger partial charge >= 0.3 is 18.2 Å². The summed E-state index contributed by atoms with van der Waals surface area (Å²) in [5.41, 5.74) is 7.24. The van der Waals surface area contributed by atoms with Crippen LogP contribution in [0.3, 0.4) is 0 Å². The van der Waals surface area contributed by atoms with Crippen LogP contribution in [-0.2, 0) is 23.8 Å². The maximum Gasteiger partial charge on any atom is 0.435 e. The third kappa shape index (κ3) is 6.03. The van der Waals surface area contributed by atoms with Gasteiger partial charge in [0, 0.05) is 24.5 Å². The Labute approximate surface area is 285 Å². The lowest BCUT2D eigenvalue weighted by Gasteiger charge is -2.46. The Bertz CT molecular complexity index is 1730. The van der Waals surface area contributed by atoms with Gasteiger partial charge in [0.2, 0.25) is 15.8 Å². The first-order valence-electron chi connectivity index (χ1n) is 15.3. The summed E-state index contributed by atoms with van der Waals surface area (Å²) in [4.78, 5) is 60.3. The number of ether oxygens (including phenoxy) is 3. The van der Waals surface area contributed by atoms with E-state index >= 15 is 0 Å². The highest BCUT2D eigenvalue weighted by Gasteiger charge is 2.60. The topological polar surface area (TPSA) is 169 Å². The standard InChI is InChI=1S/C32H38N6O8S2/c1-7-12-44-30(41)25-21(17(4)23-22(18(5)39)27(40)38(23)25)20-15-35-16-37(29(47-6)28(35)48-20)19-10-11-36(32(43)46-14-9-3)24(19)26(33)34-31(42)45-13-8-2/h7-9,15-19,22-24,39H,1-3,10-14H2,4-6H3,(H-,33,34,42)/p+1/t17-,18+,19-,22+,23+,24?/m0/s1. The highest BCUT2D eigenvalue weighted by molar-refractivity contribution is 7.98. The molecule has 48 heavy (non-hydrogen) atoms. The number of hydrogen-bond acceptors (Lipinski definition) is 10. The van der Waals surface area contributed by atoms with Crippen molar-refractivity contribution in [2.75, 3.05) is 32.6 Å². The van der Waals surface area contributed by atoms with Gasteiger partial charge in [0.1, 0.15) is 49.6 Å². The number of amidine groups is 1. The largest absolute Gasteiger partial charge is 0.457 e. The second kappa shape index (κ2) is 14.4. The van der Waals surface area contributed by atoms with Crippen molar-refractivity contribution in [3.63, 3.8) is 0 Å². The Morgan fingerprint density at radius 2 is 1.85 bits per heavy atom. The van der Waals surface area contributed by atoms with Gasteiger partial charge < -0.3 is 30.0 Å². The van der Waals surface area contributed by atoms with Crippen LogP contribution in [0.15, 0.2) is 66.2 Å². The number of imidazole rings is 1. The Balaban J connectivity index is 1.56. The molecule has 2 aromatic rings. The van der Waals surface area contributed by atoms with Gasteiger partial charge in [-0.2, -0.15) is 9.39 Å². The van der Waals surface area contributed by atoms with E-state index in [1.807, 2.05) is 34.7 Å². The number of hydrogen-bond donors (Lipinski definition) is 2. The summed E-state index contributed by atoms with van der Waals surface area (Å²) in [5, 5.41) is 11.2. The molecular formula is C32H39N6O8S2+. The molecule has 2 fully saturated rings. The summed E-state index contributed by atoms with van der Waals surface area (Å²) in [6, 6.07) is -1.63. The minimum Gasteiger partial charge on any atom is -0.457 e. The number of thioether (sulfide) groups is 1. The van der Waals surface area contributed by atoms with Gasteiger partial charge in [0.05, 0.1) is 22.9 Å². The number of β-lactam (4-membered cyclic amide) rings is 1. The molecule has 3 amide bonds. The fourth-order valence-electron chi connectivity index (χ4n) is 6.72. The van der Waals surface area contributed by atoms with Crippen molar-refractivity contribution in [2.45, 2.75) is 49.5 Å². The van der Waals surface area contributed by atoms with Crippen LogP contribution in [0.2, 0.25) is 0 Å². The summed E-state index contributed by atoms with van der Waals surface area (Å²) in [6.45, 7) is 14.5. The van der Waals surface area contributed by atoms with Gasteiger partial charge in [-0.3, -0.25) is 9.69 Å². The van der Waals surface area contributed by atoms with Crippen LogP contribution >= 0.6 is 23.1 Å². The number of esters is 1. The molecule has 3 aliphatic heterocycles. The summed E-state index contributed by atoms with van der Waals surface area (Å²) < 4.78 is 19.6. The maximum absolute atomic E-state index is 13.3. The molecular weight excluding hydrogens is 661 g/mol. The number of carbonyl (C=O) groups is 4. The molecule has 5 rings (SSSR count). The zero-order chi connectivity index (χ0) is 34.9. The van der Waals surface area contributed by atoms with Gasteiger partial charge in [-0.05, 0) is 13.2 Å². The van der Waals surface area contributed by atoms with Crippen molar-refractivity contribution < 1.29 is 43.1 Å². The third-order valence-corrected chi connectivity index (χ3v) is 10.7. The number of rotatable bonds is 12. The number of likely N-dealkylation sites (tertiary alicyclic amines) is 1. The minimum atomic E-state index is -0.905. The summed E-state index contributed by atoms with van der Waals surface area (Å²) in [6.07, 6.45) is 8.08. The predicted octanol–water partition coefficient (Wildman–Crippen LogP) is 2.93. The zero-order valence-corrected chi connectivity index (χ0v) is 28.6. The number of carbonyl (C=O) groups excluding carboxylic acids is 4. The van der Waals surface area contributed by atoms with Crippen LogP contribution in [-0.4, -0.2) is 100 Å². The van der Waals surface area contributed by atoms with Gasteiger partial charge in [-0.25, -0.2) is 19.0 Å². The van der Waals surface area contributed by atoms with Crippen molar-refractivity contribution in [3.05, 3.63) is 61.1 Å². The van der Waals surface area contributed by atoms with E-state index in [-0.39, 0.29) is 55.8 Å². The average molecular weight is 700 g/mol. The molecule has 16 heteroatoms. The van der Waals surface area contributed by atoms with E-state index in [0.29, 0.717) is 12.0 Å². The lowest BCUT2D eigenvalue weighted by atomic mass is 9.77. The van der Waals surface area contributed by atoms with Crippen molar-refractivity contribution >= 4 is 63.4 Å². The van der Waals surface area contributed by atoms with Gasteiger partial charge in [0.25, 0.3) is 6.33 Å². The van der Waals surface area contributed by atoms with Crippen molar-refractivity contribution in [3.8, 4) is 0 Å². The van der Waals surface area contributed by atoms with Gasteiger partial charge in [0.15, 0.2) is 0 Å². The molecule has 6 atom stereocenters. The molecule has 256 valence electrons. The van der Waals surface area contributed by atoms with Crippen LogP contribution in [0.25, 0.3) is 10.4 Å². The summed E-state index contributed by atoms with van der Waals surface area (Å²) in [5.74, 6) is -1.94. The van der Waals surface area contributed by atoms with Crippen molar-refractivity contribution in [2.24, 2.45) is 22.6 Å². The smallest absolute Gasteiger partial charge is 0.435 e. The highest BCUT2D eigenvalue weighted by atomic mass is 32.2. The molecule has 3 aliphatic rings. The Kier molecular flexibility index (Phi) is 10.5. The van der Waals surface area contributed by atoms with Gasteiger partial charge in [-0.1, -0.05) is 68.0 Å². The fraction of sp³-hybridized carbons (Fsp3) is 0.438. The van der Waals surface area contributed by atoms with Gasteiger partial charge in [-0.15, -0.1) is 0 Å². The third-order valence-electron chi connectivity index (χ3n) is 8.65. The van der Waals surface area contributed by atoms with Crippen molar-refractivity contribution in [1.29, 1.82) is 0 Å². The average Bonchev–Trinajstić information content (AvgIpc) is 3.80. The molecule has 0 spiro atoms. The van der Waals surface area contributed by atoms with Crippen LogP contribution in [0, 0.1) is 11.8 Å². The number of thiazole rings is 1. The second-order valence-corrected chi connectivity index (χ2v) is 13.3. The van der Waals surface area contributed by atoms with Crippen LogP contribution in [0.1, 0.15) is 31.2 Å². The lowest BCUT2D eigenvalue weighted by molar-refractivity contribution is -0.753. The van der Waals surface area contributed by atoms with E-state index in [9.17, 15) is 24.3 Å². The number of aliphatic imine (C=N–C) groups is 1. The molecule has 0 aromatic carbocycles. The number of nitrogens with two attached hydrogens (primary N) is 1. The molecule has 0 saturated carbocycles. The highest BCUT2D eigenvalue weighted by Crippen LogP contribution is 2.52. The Hall–Kier alpha value is -4.41. The molecule has 0 aliphatic carbocycles. The monoisotopic (exact) mass is 699 g/mol. The first kappa shape index (κ1) is 34.9. The zero-order valence-electron chi connectivity index (χ0n) is 26.9. The molecule has 0 bridgehead atoms. The quantitative estimate of drug-likeness (QED) is 0.0491. The Morgan fingerprint density at radius 1 is 1.19 bits per heavy atom. The first-order chi connectivity index (χ1) is 23.0. The number of amides is 3. The number of aliphatic hydroxyl groups excluding tert-OH is 1. The van der Waals surface area contributed by atoms with Crippen molar-refractivity contribution in [1.82, 2.24) is 14.2 Å². The second-order valence-electron chi connectivity index (χ2n) is 11.5. The number of aromatic nitrogens is 2. The van der Waals surface area contributed by atoms with Crippen LogP contribution < -0.4 is 10.3 Å². The van der Waals surface area contributed by atoms with E-state index in [1.165, 1.54) is 51.1 Å². The minimum absolute atomic E-state index is 0.00166. The van der Waals surface area contributed by atoms with E-state index in [2.05, 4.69) is 24.7 Å². The summed E-state index contributed by atoms with van der Waals surface area (Å²) in [7, 11) is 0. The fourth-order valence-corrected chi connectivity index (χ4v) is 8.93. The van der Waals surface area contributed by atoms with E-state index in [1.54, 1.807) is 6.92 Å². The normalized spacial score (nSPS) is 24.3. The first-order valence-corrected chi connectivity index (χ1v) is 17.3. The molecule has 0 radical (unpaired) electrons. The lowest BCUT2D eigenvalue weighted by Crippen LogP contribution is -2.63. The van der Waals surface area contributed by atoms with Crippen LogP contribution in [0.4, 0.5) is 9.59 Å². The van der Waals surface area contributed by atoms with E-state index in [4.69, 9.17) is 19.9 Å². The Morgan fingerprint density at radius 3 is 2.50 bits per heavy atom.